The molecule has 1 heterocycles. The minimum Gasteiger partial charge on any atom is -0.481 e. The molecule has 0 aromatic heterocycles. The molecule has 1 saturated heterocycles. The summed E-state index contributed by atoms with van der Waals surface area (Å²) < 4.78 is 0. The maximum absolute atomic E-state index is 14.5. The number of aliphatic carboxylic acids is 4. The highest BCUT2D eigenvalue weighted by atomic mass is 32.2. The number of rotatable bonds is 55. The summed E-state index contributed by atoms with van der Waals surface area (Å²) >= 11 is 1.31. The minimum absolute atomic E-state index is 0.00146. The smallest absolute Gasteiger partial charge is 0.326 e. The van der Waals surface area contributed by atoms with Crippen molar-refractivity contribution in [2.45, 2.75) is 248 Å². The standard InChI is InChI=1S/C66H112N18O25S/c1-32(2)29-45(82-63(105)46(31-86)83-55(97)36(6)74-58(100)39(16-20-48(70)87)77-61(103)42(24-28-110-7)76-56(98)37(69)30-85)62(104)78-41(18-22-50(90)91)60(102)72-33(3)52(94)75-40(17-21-49(88)89)59(101)73-34(4)53(95)80-43(14-9-11-26-68)65(107)84-27-12-15-47(84)64(106)79-38(13-8-10-25-67)57(99)71-35(5)54(96)81-44(66(108)109)19-23-51(92)93/h32-47,85-86H,8-31,67-69H2,1-7H3,(H2,70,87)(H,71,99)(H,72,102)(H,73,101)(H,74,100)(H,75,94)(H,76,98)(H,77,103)(H,78,104)(H,79,106)(H,80,95)(H,81,96)(H,82,105)(H,83,97)(H,88,89)(H,90,91)(H,92,93)(H,108,109)/t33-,34-,35-,36-,37-,38-,39-,40-,41-,42-,43-,44-,45-,46-,47-/m0/s1. The number of nitrogens with zero attached hydrogens (tertiary/aromatic N) is 1. The maximum atomic E-state index is 14.5. The number of unbranched alkanes of at least 4 members (excludes halogenated alkanes) is 2. The third-order valence-corrected chi connectivity index (χ3v) is 17.7. The van der Waals surface area contributed by atoms with Gasteiger partial charge in [0.1, 0.15) is 90.6 Å². The van der Waals surface area contributed by atoms with Gasteiger partial charge in [0.05, 0.1) is 13.2 Å². The van der Waals surface area contributed by atoms with Crippen LogP contribution in [0.2, 0.25) is 0 Å². The Morgan fingerprint density at radius 2 is 0.736 bits per heavy atom. The van der Waals surface area contributed by atoms with Crippen LogP contribution >= 0.6 is 11.8 Å². The largest absolute Gasteiger partial charge is 0.481 e. The van der Waals surface area contributed by atoms with Crippen LogP contribution in [0.15, 0.2) is 0 Å². The molecule has 0 saturated carbocycles. The van der Waals surface area contributed by atoms with Gasteiger partial charge in [0.15, 0.2) is 0 Å². The van der Waals surface area contributed by atoms with E-state index in [9.17, 15) is 117 Å². The molecule has 0 unspecified atom stereocenters. The van der Waals surface area contributed by atoms with Gasteiger partial charge >= 0.3 is 23.9 Å². The van der Waals surface area contributed by atoms with Crippen molar-refractivity contribution in [2.24, 2.45) is 28.9 Å². The molecule has 622 valence electrons. The zero-order chi connectivity index (χ0) is 83.7. The lowest BCUT2D eigenvalue weighted by Gasteiger charge is -2.31. The molecule has 44 heteroatoms. The summed E-state index contributed by atoms with van der Waals surface area (Å²) in [5.41, 5.74) is 22.3. The average Bonchev–Trinajstić information content (AvgIpc) is 1.62. The number of carbonyl (C=O) groups excluding carboxylic acids is 15. The van der Waals surface area contributed by atoms with E-state index >= 15 is 0 Å². The van der Waals surface area contributed by atoms with Crippen LogP contribution in [0.1, 0.15) is 157 Å². The second-order valence-corrected chi connectivity index (χ2v) is 27.7. The Labute approximate surface area is 639 Å². The molecule has 43 nitrogen and oxygen atoms in total. The van der Waals surface area contributed by atoms with Gasteiger partial charge in [0, 0.05) is 32.2 Å². The van der Waals surface area contributed by atoms with Crippen molar-refractivity contribution in [3.63, 3.8) is 0 Å². The fourth-order valence-corrected chi connectivity index (χ4v) is 11.2. The summed E-state index contributed by atoms with van der Waals surface area (Å²) in [6.07, 6.45) is -1.41. The fraction of sp³-hybridized carbons (Fsp3) is 0.712. The first kappa shape index (κ1) is 98.1. The number of nitrogens with two attached hydrogens (primary N) is 4. The lowest BCUT2D eigenvalue weighted by atomic mass is 10.0. The van der Waals surface area contributed by atoms with E-state index in [0.29, 0.717) is 25.0 Å². The molecule has 110 heavy (non-hydrogen) atoms. The number of aliphatic hydroxyl groups is 2. The van der Waals surface area contributed by atoms with Gasteiger partial charge < -0.3 is 128 Å². The van der Waals surface area contributed by atoms with Gasteiger partial charge in [-0.3, -0.25) is 86.3 Å². The molecule has 0 spiro atoms. The molecular formula is C66H112N18O25S. The molecule has 0 aliphatic carbocycles. The number of carboxylic acid groups (broad SMARTS) is 4. The fourth-order valence-electron chi connectivity index (χ4n) is 10.7. The summed E-state index contributed by atoms with van der Waals surface area (Å²) in [6, 6.07) is -22.8. The second kappa shape index (κ2) is 51.5. The minimum atomic E-state index is -1.84. The predicted octanol–water partition coefficient (Wildman–Crippen LogP) is -8.33. The summed E-state index contributed by atoms with van der Waals surface area (Å²) in [6.45, 7) is 6.44. The number of amides is 15. The van der Waals surface area contributed by atoms with E-state index in [4.69, 9.17) is 28.0 Å². The molecule has 15 amide bonds. The van der Waals surface area contributed by atoms with Gasteiger partial charge in [-0.25, -0.2) is 4.79 Å². The number of hydrogen-bond acceptors (Lipinski definition) is 25. The Hall–Kier alpha value is -9.92. The molecule has 27 N–H and O–H groups in total. The van der Waals surface area contributed by atoms with Crippen molar-refractivity contribution in [1.29, 1.82) is 0 Å². The zero-order valence-corrected chi connectivity index (χ0v) is 63.6. The van der Waals surface area contributed by atoms with Gasteiger partial charge in [0.25, 0.3) is 0 Å². The zero-order valence-electron chi connectivity index (χ0n) is 62.8. The summed E-state index contributed by atoms with van der Waals surface area (Å²) in [5.74, 6) is -20.7. The van der Waals surface area contributed by atoms with E-state index in [1.54, 1.807) is 20.1 Å². The number of nitrogens with one attached hydrogen (secondary N) is 13. The molecule has 1 fully saturated rings. The Kier molecular flexibility index (Phi) is 45.9. The highest BCUT2D eigenvalue weighted by molar-refractivity contribution is 7.98. The Morgan fingerprint density at radius 1 is 0.400 bits per heavy atom. The van der Waals surface area contributed by atoms with E-state index in [1.807, 2.05) is 0 Å². The Morgan fingerprint density at radius 3 is 1.13 bits per heavy atom. The monoisotopic (exact) mass is 1590 g/mol. The third kappa shape index (κ3) is 37.0. The van der Waals surface area contributed by atoms with Crippen LogP contribution in [0, 0.1) is 5.92 Å². The van der Waals surface area contributed by atoms with Crippen molar-refractivity contribution < 1.29 is 122 Å². The van der Waals surface area contributed by atoms with Crippen LogP contribution in [0.3, 0.4) is 0 Å². The molecule has 0 bridgehead atoms. The number of thioether (sulfide) groups is 1. The lowest BCUT2D eigenvalue weighted by molar-refractivity contribution is -0.143. The highest BCUT2D eigenvalue weighted by Crippen LogP contribution is 2.21. The maximum Gasteiger partial charge on any atom is 0.326 e. The van der Waals surface area contributed by atoms with Crippen LogP contribution in [-0.4, -0.2) is 284 Å². The summed E-state index contributed by atoms with van der Waals surface area (Å²) in [4.78, 5) is 251. The van der Waals surface area contributed by atoms with Crippen LogP contribution in [0.25, 0.3) is 0 Å². The number of hydrogen-bond donors (Lipinski definition) is 23. The van der Waals surface area contributed by atoms with Gasteiger partial charge in [-0.05, 0) is 149 Å². The van der Waals surface area contributed by atoms with Gasteiger partial charge in [0.2, 0.25) is 88.6 Å². The normalized spacial score (nSPS) is 16.3. The molecule has 0 aromatic rings. The van der Waals surface area contributed by atoms with Crippen LogP contribution in [0.4, 0.5) is 0 Å². The third-order valence-electron chi connectivity index (χ3n) is 17.1. The van der Waals surface area contributed by atoms with Crippen molar-refractivity contribution in [3.8, 4) is 0 Å². The molecule has 0 radical (unpaired) electrons. The van der Waals surface area contributed by atoms with Gasteiger partial charge in [-0.2, -0.15) is 11.8 Å². The first-order valence-electron chi connectivity index (χ1n) is 35.9. The van der Waals surface area contributed by atoms with Crippen molar-refractivity contribution >= 4 is 124 Å². The van der Waals surface area contributed by atoms with Crippen LogP contribution in [-0.2, 0) is 91.1 Å². The molecule has 15 atom stereocenters. The van der Waals surface area contributed by atoms with Gasteiger partial charge in [-0.1, -0.05) is 13.8 Å². The predicted molar refractivity (Wildman–Crippen MR) is 390 cm³/mol. The first-order valence-corrected chi connectivity index (χ1v) is 37.3. The molecule has 1 aliphatic rings. The van der Waals surface area contributed by atoms with Crippen LogP contribution < -0.4 is 92.1 Å². The second-order valence-electron chi connectivity index (χ2n) is 26.8. The van der Waals surface area contributed by atoms with Crippen molar-refractivity contribution in [2.75, 3.05) is 44.9 Å². The molecule has 0 aromatic carbocycles. The van der Waals surface area contributed by atoms with Crippen LogP contribution in [0.5, 0.6) is 0 Å². The highest BCUT2D eigenvalue weighted by Gasteiger charge is 2.41. The number of primary amides is 1. The van der Waals surface area contributed by atoms with E-state index in [-0.39, 0.29) is 64.6 Å². The van der Waals surface area contributed by atoms with Gasteiger partial charge in [-0.15, -0.1) is 0 Å². The lowest BCUT2D eigenvalue weighted by Crippen LogP contribution is -2.61. The number of likely N-dealkylation sites (tertiary alicyclic amines) is 1. The molecule has 1 aliphatic heterocycles. The van der Waals surface area contributed by atoms with E-state index in [0.717, 1.165) is 13.8 Å². The quantitative estimate of drug-likeness (QED) is 0.0252. The van der Waals surface area contributed by atoms with E-state index < -0.39 is 274 Å². The summed E-state index contributed by atoms with van der Waals surface area (Å²) in [7, 11) is 0. The molecule has 1 rings (SSSR count). The average molecular weight is 1590 g/mol. The Bertz CT molecular complexity index is 3190. The first-order chi connectivity index (χ1) is 51.7. The SMILES string of the molecule is CSCC[C@H](NC(=O)[C@@H](N)CO)C(=O)N[C@@H](CCC(N)=O)C(=O)N[C@@H](C)C(=O)N[C@@H](CO)C(=O)N[C@@H](CC(C)C)C(=O)N[C@@H](CCC(=O)O)C(=O)N[C@@H](C)C(=O)N[C@@H](CCC(=O)O)C(=O)N[C@@H](C)C(=O)N[C@@H](CCCCN)C(=O)N1CCC[C@H]1C(=O)N[C@@H](CCCCN)C(=O)N[C@@H](C)C(=O)N[C@@H](CCC(=O)O)C(=O)O. The van der Waals surface area contributed by atoms with E-state index in [2.05, 4.69) is 69.1 Å². The van der Waals surface area contributed by atoms with Crippen molar-refractivity contribution in [3.05, 3.63) is 0 Å². The summed E-state index contributed by atoms with van der Waals surface area (Å²) in [5, 5.41) is 88.2. The number of carbonyl (C=O) groups is 19. The number of aliphatic hydroxyl groups excluding tert-OH is 2. The Balaban J connectivity index is 3.36. The number of carboxylic acids is 4. The van der Waals surface area contributed by atoms with Crippen molar-refractivity contribution in [1.82, 2.24) is 74.0 Å². The van der Waals surface area contributed by atoms with E-state index in [1.165, 1.54) is 30.5 Å². The molecular weight excluding hydrogens is 1480 g/mol. The topological polar surface area (TPSA) is 709 Å².